The molecule has 1 rings (SSSR count). The Morgan fingerprint density at radius 1 is 1.19 bits per heavy atom. The Morgan fingerprint density at radius 2 is 1.86 bits per heavy atom. The molecular formula is C17H32N2O2. The zero-order valence-corrected chi connectivity index (χ0v) is 14.4. The van der Waals surface area contributed by atoms with E-state index in [4.69, 9.17) is 0 Å². The van der Waals surface area contributed by atoms with Crippen molar-refractivity contribution in [2.24, 2.45) is 5.92 Å². The van der Waals surface area contributed by atoms with Gasteiger partial charge in [0.25, 0.3) is 0 Å². The summed E-state index contributed by atoms with van der Waals surface area (Å²) >= 11 is 0. The number of piperazine rings is 1. The van der Waals surface area contributed by atoms with Gasteiger partial charge in [0.2, 0.25) is 11.8 Å². The highest BCUT2D eigenvalue weighted by molar-refractivity contribution is 5.99. The lowest BCUT2D eigenvalue weighted by molar-refractivity contribution is -0.156. The molecule has 0 saturated carbocycles. The summed E-state index contributed by atoms with van der Waals surface area (Å²) in [7, 11) is 0. The molecule has 1 fully saturated rings. The molecule has 0 aromatic carbocycles. The fourth-order valence-corrected chi connectivity index (χ4v) is 2.96. The van der Waals surface area contributed by atoms with Crippen LogP contribution >= 0.6 is 0 Å². The quantitative estimate of drug-likeness (QED) is 0.700. The molecule has 0 aliphatic carbocycles. The van der Waals surface area contributed by atoms with Gasteiger partial charge in [0.05, 0.1) is 0 Å². The Hall–Kier alpha value is -1.06. The Balaban J connectivity index is 2.90. The summed E-state index contributed by atoms with van der Waals surface area (Å²) < 4.78 is 0. The first-order valence-electron chi connectivity index (χ1n) is 8.54. The molecule has 3 atom stereocenters. The molecule has 0 radical (unpaired) electrons. The molecule has 4 nitrogen and oxygen atoms in total. The van der Waals surface area contributed by atoms with Gasteiger partial charge in [-0.05, 0) is 25.7 Å². The number of amides is 2. The topological polar surface area (TPSA) is 49.4 Å². The van der Waals surface area contributed by atoms with Crippen molar-refractivity contribution in [2.75, 3.05) is 6.54 Å². The van der Waals surface area contributed by atoms with Crippen LogP contribution in [-0.2, 0) is 9.59 Å². The maximum atomic E-state index is 12.8. The zero-order chi connectivity index (χ0) is 16.0. The molecule has 1 N–H and O–H groups in total. The number of hydrogen-bond acceptors (Lipinski definition) is 2. The highest BCUT2D eigenvalue weighted by Gasteiger charge is 2.47. The Morgan fingerprint density at radius 3 is 2.38 bits per heavy atom. The second-order valence-electron chi connectivity index (χ2n) is 6.56. The number of nitrogens with zero attached hydrogens (tertiary/aromatic N) is 1. The molecule has 1 heterocycles. The molecule has 4 heteroatoms. The van der Waals surface area contributed by atoms with E-state index in [-0.39, 0.29) is 23.8 Å². The van der Waals surface area contributed by atoms with Crippen LogP contribution in [0.25, 0.3) is 0 Å². The Bertz CT molecular complexity index is 370. The average Bonchev–Trinajstić information content (AvgIpc) is 2.47. The normalized spacial score (nSPS) is 27.7. The summed E-state index contributed by atoms with van der Waals surface area (Å²) in [5.74, 6) is 0.303. The fraction of sp³-hybridized carbons (Fsp3) is 0.882. The van der Waals surface area contributed by atoms with Gasteiger partial charge in [-0.25, -0.2) is 0 Å². The SMILES string of the molecule is CCCCCCN1C(=O)C(C)(CC)NC(=O)C1C(C)CC. The molecule has 0 spiro atoms. The van der Waals surface area contributed by atoms with Gasteiger partial charge in [-0.3, -0.25) is 9.59 Å². The summed E-state index contributed by atoms with van der Waals surface area (Å²) in [5, 5.41) is 2.96. The van der Waals surface area contributed by atoms with Crippen molar-refractivity contribution in [3.8, 4) is 0 Å². The number of unbranched alkanes of at least 4 members (excludes halogenated alkanes) is 3. The summed E-state index contributed by atoms with van der Waals surface area (Å²) in [5.41, 5.74) is -0.730. The van der Waals surface area contributed by atoms with Crippen molar-refractivity contribution >= 4 is 11.8 Å². The standard InChI is InChI=1S/C17H32N2O2/c1-6-9-10-11-12-19-14(13(4)7-2)15(20)18-17(5,8-3)16(19)21/h13-14H,6-12H2,1-5H3,(H,18,20). The Labute approximate surface area is 129 Å². The number of carbonyl (C=O) groups excluding carboxylic acids is 2. The van der Waals surface area contributed by atoms with E-state index >= 15 is 0 Å². The van der Waals surface area contributed by atoms with Crippen LogP contribution < -0.4 is 5.32 Å². The van der Waals surface area contributed by atoms with Crippen LogP contribution in [0.2, 0.25) is 0 Å². The molecule has 1 saturated heterocycles. The third-order valence-electron chi connectivity index (χ3n) is 4.88. The van der Waals surface area contributed by atoms with Gasteiger partial charge in [-0.2, -0.15) is 0 Å². The van der Waals surface area contributed by atoms with E-state index in [1.165, 1.54) is 12.8 Å². The van der Waals surface area contributed by atoms with Crippen LogP contribution in [0, 0.1) is 5.92 Å². The second kappa shape index (κ2) is 7.81. The molecule has 122 valence electrons. The van der Waals surface area contributed by atoms with Gasteiger partial charge in [-0.15, -0.1) is 0 Å². The third kappa shape index (κ3) is 3.98. The minimum Gasteiger partial charge on any atom is -0.340 e. The fourth-order valence-electron chi connectivity index (χ4n) is 2.96. The highest BCUT2D eigenvalue weighted by atomic mass is 16.2. The molecule has 1 aliphatic rings. The van der Waals surface area contributed by atoms with Crippen LogP contribution in [0.4, 0.5) is 0 Å². The molecule has 0 aromatic heterocycles. The van der Waals surface area contributed by atoms with Gasteiger partial charge in [0.15, 0.2) is 0 Å². The Kier molecular flexibility index (Phi) is 6.69. The predicted octanol–water partition coefficient (Wildman–Crippen LogP) is 3.11. The second-order valence-corrected chi connectivity index (χ2v) is 6.56. The van der Waals surface area contributed by atoms with E-state index in [1.54, 1.807) is 0 Å². The predicted molar refractivity (Wildman–Crippen MR) is 85.9 cm³/mol. The molecule has 0 bridgehead atoms. The smallest absolute Gasteiger partial charge is 0.248 e. The minimum absolute atomic E-state index is 0.0174. The van der Waals surface area contributed by atoms with Gasteiger partial charge in [0, 0.05) is 6.54 Å². The van der Waals surface area contributed by atoms with Crippen LogP contribution in [0.1, 0.15) is 73.1 Å². The molecule has 2 amide bonds. The highest BCUT2D eigenvalue weighted by Crippen LogP contribution is 2.27. The summed E-state index contributed by atoms with van der Waals surface area (Å²) in [6, 6.07) is -0.302. The van der Waals surface area contributed by atoms with Gasteiger partial charge in [0.1, 0.15) is 11.6 Å². The van der Waals surface area contributed by atoms with Crippen molar-refractivity contribution in [1.29, 1.82) is 0 Å². The number of hydrogen-bond donors (Lipinski definition) is 1. The molecule has 0 aromatic rings. The van der Waals surface area contributed by atoms with Gasteiger partial charge >= 0.3 is 0 Å². The lowest BCUT2D eigenvalue weighted by Crippen LogP contribution is -2.70. The van der Waals surface area contributed by atoms with E-state index in [2.05, 4.69) is 26.1 Å². The van der Waals surface area contributed by atoms with E-state index < -0.39 is 5.54 Å². The molecule has 3 unspecified atom stereocenters. The minimum atomic E-state index is -0.730. The van der Waals surface area contributed by atoms with E-state index in [0.717, 1.165) is 19.3 Å². The van der Waals surface area contributed by atoms with Crippen LogP contribution in [-0.4, -0.2) is 34.8 Å². The lowest BCUT2D eigenvalue weighted by Gasteiger charge is -2.46. The van der Waals surface area contributed by atoms with Crippen LogP contribution in [0.3, 0.4) is 0 Å². The number of rotatable bonds is 8. The lowest BCUT2D eigenvalue weighted by atomic mass is 9.86. The zero-order valence-electron chi connectivity index (χ0n) is 14.4. The van der Waals surface area contributed by atoms with Crippen molar-refractivity contribution in [2.45, 2.75) is 84.7 Å². The third-order valence-corrected chi connectivity index (χ3v) is 4.88. The summed E-state index contributed by atoms with van der Waals surface area (Å²) in [6.45, 7) is 10.8. The average molecular weight is 296 g/mol. The molecule has 21 heavy (non-hydrogen) atoms. The van der Waals surface area contributed by atoms with E-state index in [9.17, 15) is 9.59 Å². The van der Waals surface area contributed by atoms with Crippen molar-refractivity contribution in [1.82, 2.24) is 10.2 Å². The van der Waals surface area contributed by atoms with Gasteiger partial charge in [-0.1, -0.05) is 53.4 Å². The largest absolute Gasteiger partial charge is 0.340 e. The van der Waals surface area contributed by atoms with Crippen LogP contribution in [0.15, 0.2) is 0 Å². The summed E-state index contributed by atoms with van der Waals surface area (Å²) in [4.78, 5) is 27.2. The number of nitrogens with one attached hydrogen (secondary N) is 1. The van der Waals surface area contributed by atoms with E-state index in [0.29, 0.717) is 13.0 Å². The maximum Gasteiger partial charge on any atom is 0.248 e. The summed E-state index contributed by atoms with van der Waals surface area (Å²) in [6.07, 6.45) is 6.01. The van der Waals surface area contributed by atoms with Crippen molar-refractivity contribution in [3.05, 3.63) is 0 Å². The first kappa shape index (κ1) is 18.0. The van der Waals surface area contributed by atoms with Crippen LogP contribution in [0.5, 0.6) is 0 Å². The van der Waals surface area contributed by atoms with Crippen molar-refractivity contribution in [3.63, 3.8) is 0 Å². The number of carbonyl (C=O) groups is 2. The van der Waals surface area contributed by atoms with E-state index in [1.807, 2.05) is 18.7 Å². The van der Waals surface area contributed by atoms with Crippen molar-refractivity contribution < 1.29 is 9.59 Å². The first-order valence-corrected chi connectivity index (χ1v) is 8.54. The van der Waals surface area contributed by atoms with Gasteiger partial charge < -0.3 is 10.2 Å². The molecular weight excluding hydrogens is 264 g/mol. The monoisotopic (exact) mass is 296 g/mol. The maximum absolute atomic E-state index is 12.8. The first-order chi connectivity index (χ1) is 9.91. The molecule has 1 aliphatic heterocycles.